The number of allylic oxidation sites excluding steroid dienone is 1. The van der Waals surface area contributed by atoms with E-state index in [-0.39, 0.29) is 22.7 Å². The number of anilines is 4. The lowest BCUT2D eigenvalue weighted by molar-refractivity contribution is 0.106. The molecule has 0 radical (unpaired) electrons. The van der Waals surface area contributed by atoms with Crippen molar-refractivity contribution in [3.05, 3.63) is 107 Å². The van der Waals surface area contributed by atoms with Gasteiger partial charge in [0.2, 0.25) is 5.78 Å². The molecule has 0 amide bonds. The van der Waals surface area contributed by atoms with E-state index < -0.39 is 111 Å². The molecule has 1 aliphatic carbocycles. The Balaban J connectivity index is 1.45. The van der Waals surface area contributed by atoms with Gasteiger partial charge in [-0.3, -0.25) is 28.4 Å². The second kappa shape index (κ2) is 15.8. The zero-order chi connectivity index (χ0) is 43.9. The van der Waals surface area contributed by atoms with Crippen LogP contribution in [0.5, 0.6) is 0 Å². The molecule has 0 unspecified atom stereocenters. The van der Waals surface area contributed by atoms with E-state index in [2.05, 4.69) is 31.0 Å². The van der Waals surface area contributed by atoms with Crippen LogP contribution in [0.25, 0.3) is 17.2 Å². The van der Waals surface area contributed by atoms with Crippen molar-refractivity contribution < 1.29 is 56.7 Å². The molecule has 11 N–H and O–H groups in total. The smallest absolute Gasteiger partial charge is 0.296 e. The maximum absolute atomic E-state index is 13.7. The maximum atomic E-state index is 13.7. The van der Waals surface area contributed by atoms with Gasteiger partial charge in [-0.1, -0.05) is 30.3 Å². The minimum Gasteiger partial charge on any atom is -0.399 e. The molecule has 60 heavy (non-hydrogen) atoms. The molecule has 0 fully saturated rings. The highest BCUT2D eigenvalue weighted by atomic mass is 32.2. The number of Topliss-reactive ketones (excluding diaryl/α,β-unsaturated/α-hetero) is 1. The van der Waals surface area contributed by atoms with Crippen LogP contribution < -0.4 is 22.6 Å². The molecule has 0 saturated heterocycles. The van der Waals surface area contributed by atoms with E-state index in [1.165, 1.54) is 36.4 Å². The number of carbonyl (C=O) groups is 1. The summed E-state index contributed by atoms with van der Waals surface area (Å²) in [6.45, 7) is 0. The number of nitrogens with one attached hydrogen (secondary N) is 1. The lowest BCUT2D eigenvalue weighted by Gasteiger charge is -2.20. The third-order valence-electron chi connectivity index (χ3n) is 8.29. The number of para-hydroxylation sites is 1. The van der Waals surface area contributed by atoms with Gasteiger partial charge in [0.1, 0.15) is 31.0 Å². The number of nitrogens with two attached hydrogens (primary N) is 3. The first-order valence-electron chi connectivity index (χ1n) is 16.2. The third-order valence-corrected chi connectivity index (χ3v) is 11.8. The van der Waals surface area contributed by atoms with Gasteiger partial charge >= 0.3 is 0 Å². The van der Waals surface area contributed by atoms with E-state index in [1.807, 2.05) is 0 Å². The molecule has 0 atom stereocenters. The zero-order valence-electron chi connectivity index (χ0n) is 29.8. The van der Waals surface area contributed by atoms with Gasteiger partial charge in [-0.25, -0.2) is 0 Å². The molecule has 5 aromatic rings. The third kappa shape index (κ3) is 9.09. The molecule has 26 heteroatoms. The fraction of sp³-hybridized carbons (Fsp3) is 0. The van der Waals surface area contributed by atoms with Crippen LogP contribution in [-0.2, 0) is 40.5 Å². The van der Waals surface area contributed by atoms with Crippen LogP contribution in [0.2, 0.25) is 0 Å². The Morgan fingerprint density at radius 2 is 1.12 bits per heavy atom. The van der Waals surface area contributed by atoms with Crippen LogP contribution in [0.1, 0.15) is 15.9 Å². The van der Waals surface area contributed by atoms with Gasteiger partial charge in [0.25, 0.3) is 40.5 Å². The van der Waals surface area contributed by atoms with Crippen molar-refractivity contribution in [2.75, 3.05) is 22.6 Å². The first-order valence-corrected chi connectivity index (χ1v) is 22.0. The largest absolute Gasteiger partial charge is 0.399 e. The first kappa shape index (κ1) is 42.8. The van der Waals surface area contributed by atoms with Crippen molar-refractivity contribution in [2.45, 2.75) is 14.7 Å². The van der Waals surface area contributed by atoms with Crippen molar-refractivity contribution in [3.8, 4) is 11.1 Å². The highest BCUT2D eigenvalue weighted by Crippen LogP contribution is 2.42. The molecule has 5 aromatic carbocycles. The Kier molecular flexibility index (Phi) is 11.2. The lowest BCUT2D eigenvalue weighted by atomic mass is 9.92. The number of benzene rings is 5. The van der Waals surface area contributed by atoms with Gasteiger partial charge < -0.3 is 17.2 Å². The van der Waals surface area contributed by atoms with E-state index in [9.17, 15) is 56.7 Å². The van der Waals surface area contributed by atoms with Crippen LogP contribution in [0.15, 0.2) is 136 Å². The minimum absolute atomic E-state index is 0.138. The van der Waals surface area contributed by atoms with Crippen molar-refractivity contribution >= 4 is 104 Å². The Bertz CT molecular complexity index is 3230. The highest BCUT2D eigenvalue weighted by molar-refractivity contribution is 7.91. The Morgan fingerprint density at radius 3 is 1.63 bits per heavy atom. The van der Waals surface area contributed by atoms with Crippen molar-refractivity contribution in [1.82, 2.24) is 0 Å². The molecule has 0 bridgehead atoms. The number of fused-ring (bicyclic) bond motifs is 1. The summed E-state index contributed by atoms with van der Waals surface area (Å²) in [5.74, 6) is -1.26. The molecule has 0 heterocycles. The molecule has 1 aliphatic rings. The molecule has 6 rings (SSSR count). The number of hydrogen-bond acceptors (Lipinski definition) is 18. The normalized spacial score (nSPS) is 14.4. The summed E-state index contributed by atoms with van der Waals surface area (Å²) < 4.78 is 140. The average molecular weight is 898 g/mol. The fourth-order valence-electron chi connectivity index (χ4n) is 5.63. The van der Waals surface area contributed by atoms with E-state index in [0.29, 0.717) is 23.9 Å². The van der Waals surface area contributed by atoms with Crippen LogP contribution in [0, 0.1) is 0 Å². The molecule has 310 valence electrons. The van der Waals surface area contributed by atoms with Gasteiger partial charge in [-0.15, -0.1) is 10.2 Å². The second-order valence-electron chi connectivity index (χ2n) is 12.4. The van der Waals surface area contributed by atoms with Gasteiger partial charge in [0, 0.05) is 16.8 Å². The number of nitrogen functional groups attached to an aromatic ring is 3. The number of hydrogen-bond donors (Lipinski definition) is 8. The zero-order valence-corrected chi connectivity index (χ0v) is 33.1. The Morgan fingerprint density at radius 1 is 0.567 bits per heavy atom. The molecule has 0 saturated carbocycles. The van der Waals surface area contributed by atoms with Gasteiger partial charge in [0.05, 0.1) is 34.0 Å². The predicted octanol–water partition coefficient (Wildman–Crippen LogP) is 5.56. The molecule has 0 aliphatic heterocycles. The summed E-state index contributed by atoms with van der Waals surface area (Å²) in [5, 5.41) is 19.2. The number of rotatable bonds is 11. The second-order valence-corrected chi connectivity index (χ2v) is 17.9. The van der Waals surface area contributed by atoms with Crippen molar-refractivity contribution in [2.24, 2.45) is 25.6 Å². The predicted molar refractivity (Wildman–Crippen MR) is 217 cm³/mol. The summed E-state index contributed by atoms with van der Waals surface area (Å²) >= 11 is 0. The number of nitrogens with zero attached hydrogens (tertiary/aromatic N) is 5. The number of ketones is 1. The molecule has 0 spiro atoms. The monoisotopic (exact) mass is 897 g/mol. The van der Waals surface area contributed by atoms with Crippen LogP contribution in [0.3, 0.4) is 0 Å². The molecule has 0 aromatic heterocycles. The standard InChI is InChI=1S/C34H27N9O13S4/c35-18-6-11-25(24(36)14-18)41-39-20-7-9-22(26(15-20)57(45,46)47)23-10-8-21(16-27(23)58(48,49)50)40-42-32-28(59(51,52)53)12-17-13-29(60(54,55)56)33(34(44)30(17)31(32)37)43-38-19-4-2-1-3-5-19/h1-16,38H,35-37H2,(H,45,46,47)(H,48,49,50)(H,51,52,53)(H,54,55,56). The van der Waals surface area contributed by atoms with E-state index in [4.69, 9.17) is 17.2 Å². The SMILES string of the molecule is Nc1ccc(N=Nc2ccc(-c3ccc(N=Nc4c(S(=O)(=O)O)cc5c(c4N)C(=O)C(=NNc4ccccc4)C(S(=O)(=O)O)=C5)cc3S(=O)(=O)O)c(S(=O)(=O)O)c2)c(N)c1. The van der Waals surface area contributed by atoms with Crippen molar-refractivity contribution in [3.63, 3.8) is 0 Å². The number of hydrazone groups is 1. The quantitative estimate of drug-likeness (QED) is 0.0348. The number of carbonyl (C=O) groups excluding carboxylic acids is 1. The van der Waals surface area contributed by atoms with Crippen molar-refractivity contribution in [1.29, 1.82) is 0 Å². The van der Waals surface area contributed by atoms with Gasteiger partial charge in [-0.05, 0) is 72.3 Å². The average Bonchev–Trinajstić information content (AvgIpc) is 3.15. The van der Waals surface area contributed by atoms with E-state index in [0.717, 1.165) is 24.3 Å². The lowest BCUT2D eigenvalue weighted by Crippen LogP contribution is -2.28. The number of azo groups is 2. The van der Waals surface area contributed by atoms with Crippen LogP contribution in [0.4, 0.5) is 45.5 Å². The summed E-state index contributed by atoms with van der Waals surface area (Å²) in [5.41, 5.74) is 15.9. The molecular formula is C34H27N9O13S4. The fourth-order valence-corrected chi connectivity index (χ4v) is 8.41. The van der Waals surface area contributed by atoms with Crippen LogP contribution >= 0.6 is 0 Å². The van der Waals surface area contributed by atoms with Crippen LogP contribution in [-0.4, -0.2) is 63.4 Å². The summed E-state index contributed by atoms with van der Waals surface area (Å²) in [6, 6.07) is 18.5. The van der Waals surface area contributed by atoms with E-state index in [1.54, 1.807) is 18.2 Å². The summed E-state index contributed by atoms with van der Waals surface area (Å²) in [4.78, 5) is 9.70. The molecular weight excluding hydrogens is 871 g/mol. The topological polar surface area (TPSA) is 386 Å². The summed E-state index contributed by atoms with van der Waals surface area (Å²) in [6.07, 6.45) is 0.673. The first-order chi connectivity index (χ1) is 27.9. The molecule has 22 nitrogen and oxygen atoms in total. The Labute approximate surface area is 339 Å². The van der Waals surface area contributed by atoms with Gasteiger partial charge in [-0.2, -0.15) is 49.0 Å². The van der Waals surface area contributed by atoms with E-state index >= 15 is 0 Å². The van der Waals surface area contributed by atoms with Gasteiger partial charge in [0.15, 0.2) is 5.71 Å². The highest BCUT2D eigenvalue weighted by Gasteiger charge is 2.37. The maximum Gasteiger partial charge on any atom is 0.296 e. The minimum atomic E-state index is -5.32. The Hall–Kier alpha value is -6.78. The summed E-state index contributed by atoms with van der Waals surface area (Å²) in [7, 11) is -20.9.